The van der Waals surface area contributed by atoms with Gasteiger partial charge in [0.1, 0.15) is 17.4 Å². The maximum Gasteiger partial charge on any atom is 0.490 e. The van der Waals surface area contributed by atoms with E-state index >= 15 is 0 Å². The van der Waals surface area contributed by atoms with Gasteiger partial charge in [0, 0.05) is 49.2 Å². The van der Waals surface area contributed by atoms with Crippen LogP contribution in [-0.2, 0) is 11.3 Å². The highest BCUT2D eigenvalue weighted by Crippen LogP contribution is 2.24. The number of hydrogen-bond acceptors (Lipinski definition) is 6. The van der Waals surface area contributed by atoms with Crippen molar-refractivity contribution in [1.29, 1.82) is 0 Å². The highest BCUT2D eigenvalue weighted by Gasteiger charge is 2.38. The number of benzene rings is 2. The molecule has 1 fully saturated rings. The van der Waals surface area contributed by atoms with E-state index in [1.807, 2.05) is 18.2 Å². The monoisotopic (exact) mass is 534 g/mol. The highest BCUT2D eigenvalue weighted by atomic mass is 19.4. The summed E-state index contributed by atoms with van der Waals surface area (Å²) in [7, 11) is 2.09. The summed E-state index contributed by atoms with van der Waals surface area (Å²) in [5.74, 6) is -2.33. The molecule has 12 heteroatoms. The van der Waals surface area contributed by atoms with Gasteiger partial charge in [-0.3, -0.25) is 9.69 Å². The Morgan fingerprint density at radius 2 is 1.82 bits per heavy atom. The smallest absolute Gasteiger partial charge is 0.490 e. The van der Waals surface area contributed by atoms with Crippen LogP contribution in [-0.4, -0.2) is 64.3 Å². The Labute approximate surface area is 216 Å². The van der Waals surface area contributed by atoms with Gasteiger partial charge in [0.15, 0.2) is 0 Å². The van der Waals surface area contributed by atoms with E-state index in [0.29, 0.717) is 17.3 Å². The molecule has 38 heavy (non-hydrogen) atoms. The van der Waals surface area contributed by atoms with Crippen LogP contribution in [0.2, 0.25) is 0 Å². The van der Waals surface area contributed by atoms with E-state index in [1.54, 1.807) is 24.4 Å². The molecule has 0 radical (unpaired) electrons. The normalized spacial score (nSPS) is 15.1. The number of rotatable bonds is 6. The molecule has 1 amide bonds. The molecule has 2 heterocycles. The largest absolute Gasteiger partial charge is 0.508 e. The van der Waals surface area contributed by atoms with E-state index in [1.165, 1.54) is 24.3 Å². The number of carboxylic acid groups (broad SMARTS) is 1. The van der Waals surface area contributed by atoms with Gasteiger partial charge in [0.2, 0.25) is 0 Å². The van der Waals surface area contributed by atoms with Crippen LogP contribution in [0, 0.1) is 5.82 Å². The number of aromatic nitrogens is 1. The summed E-state index contributed by atoms with van der Waals surface area (Å²) in [5, 5.41) is 19.7. The molecule has 1 aliphatic rings. The summed E-state index contributed by atoms with van der Waals surface area (Å²) in [6.07, 6.45) is -2.40. The molecule has 0 aliphatic carbocycles. The van der Waals surface area contributed by atoms with Crippen molar-refractivity contribution in [3.63, 3.8) is 0 Å². The lowest BCUT2D eigenvalue weighted by Gasteiger charge is -2.25. The Morgan fingerprint density at radius 3 is 2.45 bits per heavy atom. The maximum atomic E-state index is 13.1. The lowest BCUT2D eigenvalue weighted by Crippen LogP contribution is -2.34. The number of pyridine rings is 1. The third kappa shape index (κ3) is 8.17. The van der Waals surface area contributed by atoms with Gasteiger partial charge in [-0.25, -0.2) is 14.2 Å². The molecule has 3 aromatic rings. The number of aromatic hydroxyl groups is 1. The molecule has 1 aliphatic heterocycles. The minimum Gasteiger partial charge on any atom is -0.508 e. The van der Waals surface area contributed by atoms with Crippen LogP contribution in [0.25, 0.3) is 0 Å². The van der Waals surface area contributed by atoms with E-state index in [4.69, 9.17) is 9.90 Å². The average Bonchev–Trinajstić information content (AvgIpc) is 3.35. The van der Waals surface area contributed by atoms with Crippen LogP contribution in [0.3, 0.4) is 0 Å². The van der Waals surface area contributed by atoms with Gasteiger partial charge in [-0.1, -0.05) is 12.1 Å². The summed E-state index contributed by atoms with van der Waals surface area (Å²) in [5.41, 5.74) is 2.12. The second-order valence-corrected chi connectivity index (χ2v) is 8.64. The third-order valence-electron chi connectivity index (χ3n) is 5.81. The van der Waals surface area contributed by atoms with Gasteiger partial charge < -0.3 is 20.4 Å². The number of nitrogens with one attached hydrogen (secondary N) is 1. The van der Waals surface area contributed by atoms with Crippen LogP contribution in [0.15, 0.2) is 66.9 Å². The number of aliphatic carboxylic acids is 1. The van der Waals surface area contributed by atoms with Gasteiger partial charge in [-0.05, 0) is 61.5 Å². The minimum atomic E-state index is -5.08. The highest BCUT2D eigenvalue weighted by molar-refractivity contribution is 6.04. The van der Waals surface area contributed by atoms with E-state index < -0.39 is 12.1 Å². The fraction of sp³-hybridized carbons (Fsp3) is 0.269. The molecule has 1 unspecified atom stereocenters. The molecule has 0 spiro atoms. The van der Waals surface area contributed by atoms with E-state index in [2.05, 4.69) is 27.1 Å². The summed E-state index contributed by atoms with van der Waals surface area (Å²) in [4.78, 5) is 30.3. The Kier molecular flexibility index (Phi) is 9.24. The second-order valence-electron chi connectivity index (χ2n) is 8.64. The molecule has 1 atom stereocenters. The lowest BCUT2D eigenvalue weighted by atomic mass is 10.1. The summed E-state index contributed by atoms with van der Waals surface area (Å²) < 4.78 is 44.8. The molecule has 4 rings (SSSR count). The van der Waals surface area contributed by atoms with E-state index in [-0.39, 0.29) is 17.5 Å². The van der Waals surface area contributed by atoms with Gasteiger partial charge in [0.05, 0.1) is 0 Å². The van der Waals surface area contributed by atoms with Crippen molar-refractivity contribution in [2.24, 2.45) is 0 Å². The predicted octanol–water partition coefficient (Wildman–Crippen LogP) is 4.52. The topological polar surface area (TPSA) is 106 Å². The van der Waals surface area contributed by atoms with Crippen LogP contribution in [0.1, 0.15) is 22.3 Å². The molecule has 1 saturated heterocycles. The summed E-state index contributed by atoms with van der Waals surface area (Å²) >= 11 is 0. The number of phenolic OH excluding ortho intramolecular Hbond substituents is 1. The predicted molar refractivity (Wildman–Crippen MR) is 132 cm³/mol. The van der Waals surface area contributed by atoms with Crippen molar-refractivity contribution in [2.45, 2.75) is 25.2 Å². The first-order valence-corrected chi connectivity index (χ1v) is 11.5. The van der Waals surface area contributed by atoms with Crippen molar-refractivity contribution >= 4 is 23.4 Å². The zero-order chi connectivity index (χ0) is 27.9. The van der Waals surface area contributed by atoms with Crippen LogP contribution in [0.4, 0.5) is 29.1 Å². The van der Waals surface area contributed by atoms with Gasteiger partial charge >= 0.3 is 12.1 Å². The Hall–Kier alpha value is -4.19. The zero-order valence-electron chi connectivity index (χ0n) is 20.3. The van der Waals surface area contributed by atoms with Crippen LogP contribution in [0.5, 0.6) is 5.75 Å². The van der Waals surface area contributed by atoms with Crippen molar-refractivity contribution in [3.05, 3.63) is 83.8 Å². The van der Waals surface area contributed by atoms with E-state index in [9.17, 15) is 27.5 Å². The van der Waals surface area contributed by atoms with Crippen molar-refractivity contribution < 1.29 is 37.4 Å². The number of halogens is 4. The van der Waals surface area contributed by atoms with Crippen LogP contribution >= 0.6 is 0 Å². The van der Waals surface area contributed by atoms with Crippen molar-refractivity contribution in [2.75, 3.05) is 30.4 Å². The minimum absolute atomic E-state index is 0.280. The lowest BCUT2D eigenvalue weighted by molar-refractivity contribution is -0.192. The van der Waals surface area contributed by atoms with Gasteiger partial charge in [-0.15, -0.1) is 0 Å². The quantitative estimate of drug-likeness (QED) is 0.399. The fourth-order valence-electron chi connectivity index (χ4n) is 3.86. The molecule has 1 aromatic heterocycles. The number of carbonyl (C=O) groups excluding carboxylic acids is 1. The molecular weight excluding hydrogens is 508 g/mol. The van der Waals surface area contributed by atoms with Crippen LogP contribution < -0.4 is 10.2 Å². The first-order chi connectivity index (χ1) is 17.9. The number of amides is 1. The Bertz CT molecular complexity index is 1250. The van der Waals surface area contributed by atoms with Gasteiger partial charge in [-0.2, -0.15) is 13.2 Å². The molecule has 202 valence electrons. The maximum absolute atomic E-state index is 13.1. The second kappa shape index (κ2) is 12.4. The zero-order valence-corrected chi connectivity index (χ0v) is 20.3. The number of phenols is 1. The average molecular weight is 535 g/mol. The van der Waals surface area contributed by atoms with Crippen molar-refractivity contribution in [3.8, 4) is 5.75 Å². The summed E-state index contributed by atoms with van der Waals surface area (Å²) in [6.45, 7) is 2.46. The summed E-state index contributed by atoms with van der Waals surface area (Å²) in [6, 6.07) is 16.8. The van der Waals surface area contributed by atoms with E-state index in [0.717, 1.165) is 37.4 Å². The van der Waals surface area contributed by atoms with Crippen molar-refractivity contribution in [1.82, 2.24) is 9.88 Å². The number of nitrogens with zero attached hydrogens (tertiary/aromatic N) is 3. The standard InChI is InChI=1S/C24H25FN4O2.C2HF3O2/c1-28(15-17-3-2-4-22(30)13-17)21-10-12-29(16-21)23-14-20(9-11-26-23)27-24(31)18-5-7-19(25)8-6-18;3-2(4,5)1(6)7/h2-9,11,13-14,21,30H,10,12,15-16H2,1H3,(H,26,27,31);(H,6,7). The number of carbonyl (C=O) groups is 2. The molecule has 0 bridgehead atoms. The van der Waals surface area contributed by atoms with Gasteiger partial charge in [0.25, 0.3) is 5.91 Å². The first-order valence-electron chi connectivity index (χ1n) is 11.5. The fourth-order valence-corrected chi connectivity index (χ4v) is 3.86. The first kappa shape index (κ1) is 28.4. The SMILES string of the molecule is CN(Cc1cccc(O)c1)C1CCN(c2cc(NC(=O)c3ccc(F)cc3)ccn2)C1.O=C(O)C(F)(F)F. The number of likely N-dealkylation sites (N-methyl/N-ethyl adjacent to an activating group) is 1. The third-order valence-corrected chi connectivity index (χ3v) is 5.81. The number of alkyl halides is 3. The molecule has 2 aromatic carbocycles. The molecule has 3 N–H and O–H groups in total. The number of anilines is 2. The molecule has 0 saturated carbocycles. The Balaban J connectivity index is 0.000000505. The molecule has 8 nitrogen and oxygen atoms in total. The Morgan fingerprint density at radius 1 is 1.13 bits per heavy atom. The molecular formula is C26H26F4N4O4. The number of hydrogen-bond donors (Lipinski definition) is 3. The number of carboxylic acids is 1.